The van der Waals surface area contributed by atoms with Crippen molar-refractivity contribution in [3.05, 3.63) is 54.4 Å². The summed E-state index contributed by atoms with van der Waals surface area (Å²) < 4.78 is 10.9. The molecule has 0 spiro atoms. The van der Waals surface area contributed by atoms with E-state index in [1.165, 1.54) is 4.90 Å². The molecule has 0 N–H and O–H groups in total. The Morgan fingerprint density at radius 1 is 1.18 bits per heavy atom. The zero-order valence-corrected chi connectivity index (χ0v) is 16.6. The average molecular weight is 395 g/mol. The number of carbonyl (C=O) groups is 1. The highest BCUT2D eigenvalue weighted by atomic mass is 32.2. The van der Waals surface area contributed by atoms with Gasteiger partial charge >= 0.3 is 0 Å². The molecule has 0 bridgehead atoms. The summed E-state index contributed by atoms with van der Waals surface area (Å²) >= 11 is 1.69. The lowest BCUT2D eigenvalue weighted by Crippen LogP contribution is -2.24. The summed E-state index contributed by atoms with van der Waals surface area (Å²) in [5, 5.41) is 4.10. The molecule has 4 rings (SSSR count). The second kappa shape index (κ2) is 8.06. The predicted molar refractivity (Wildman–Crippen MR) is 109 cm³/mol. The summed E-state index contributed by atoms with van der Waals surface area (Å²) in [6, 6.07) is 15.6. The fourth-order valence-corrected chi connectivity index (χ4v) is 3.68. The third kappa shape index (κ3) is 3.75. The van der Waals surface area contributed by atoms with E-state index in [-0.39, 0.29) is 11.8 Å². The average Bonchev–Trinajstić information content (AvgIpc) is 3.36. The van der Waals surface area contributed by atoms with Gasteiger partial charge in [-0.15, -0.1) is 11.8 Å². The van der Waals surface area contributed by atoms with Crippen molar-refractivity contribution in [2.75, 3.05) is 24.3 Å². The van der Waals surface area contributed by atoms with Crippen molar-refractivity contribution in [3.63, 3.8) is 0 Å². The molecule has 28 heavy (non-hydrogen) atoms. The van der Waals surface area contributed by atoms with Crippen LogP contribution in [0.25, 0.3) is 11.4 Å². The molecule has 1 aliphatic rings. The highest BCUT2D eigenvalue weighted by molar-refractivity contribution is 7.98. The molecule has 6 nitrogen and oxygen atoms in total. The first kappa shape index (κ1) is 18.6. The van der Waals surface area contributed by atoms with Crippen LogP contribution in [0.5, 0.6) is 5.75 Å². The second-order valence-electron chi connectivity index (χ2n) is 6.52. The summed E-state index contributed by atoms with van der Waals surface area (Å²) in [6.07, 6.45) is 2.40. The number of ether oxygens (including phenoxy) is 1. The largest absolute Gasteiger partial charge is 0.494 e. The van der Waals surface area contributed by atoms with Gasteiger partial charge in [-0.2, -0.15) is 4.98 Å². The molecule has 0 radical (unpaired) electrons. The van der Waals surface area contributed by atoms with Crippen LogP contribution in [0.2, 0.25) is 0 Å². The Bertz CT molecular complexity index is 954. The Hall–Kier alpha value is -2.80. The van der Waals surface area contributed by atoms with Gasteiger partial charge < -0.3 is 14.2 Å². The van der Waals surface area contributed by atoms with Crippen LogP contribution in [0.15, 0.2) is 57.9 Å². The number of amides is 1. The van der Waals surface area contributed by atoms with Crippen LogP contribution < -0.4 is 9.64 Å². The molecule has 1 atom stereocenters. The summed E-state index contributed by atoms with van der Waals surface area (Å²) in [7, 11) is 0. The van der Waals surface area contributed by atoms with Crippen LogP contribution in [0.1, 0.15) is 25.2 Å². The Morgan fingerprint density at radius 2 is 1.93 bits per heavy atom. The van der Waals surface area contributed by atoms with Crippen LogP contribution in [0, 0.1) is 0 Å². The maximum Gasteiger partial charge on any atom is 0.232 e. The summed E-state index contributed by atoms with van der Waals surface area (Å²) in [5.74, 6) is 1.80. The SMILES string of the molecule is CCOc1ccc(N2CC(c3nc(-c4ccc(SC)cc4)no3)CC2=O)cc1. The van der Waals surface area contributed by atoms with E-state index in [0.29, 0.717) is 31.3 Å². The fourth-order valence-electron chi connectivity index (χ4n) is 3.27. The van der Waals surface area contributed by atoms with Gasteiger partial charge in [-0.05, 0) is 61.7 Å². The van der Waals surface area contributed by atoms with E-state index in [1.54, 1.807) is 16.7 Å². The Balaban J connectivity index is 1.48. The van der Waals surface area contributed by atoms with Gasteiger partial charge in [0.2, 0.25) is 17.6 Å². The molecule has 1 fully saturated rings. The van der Waals surface area contributed by atoms with Crippen LogP contribution in [0.3, 0.4) is 0 Å². The number of nitrogens with zero attached hydrogens (tertiary/aromatic N) is 3. The number of rotatable bonds is 6. The third-order valence-electron chi connectivity index (χ3n) is 4.72. The van der Waals surface area contributed by atoms with Crippen LogP contribution in [0.4, 0.5) is 5.69 Å². The zero-order valence-electron chi connectivity index (χ0n) is 15.8. The van der Waals surface area contributed by atoms with E-state index in [0.717, 1.165) is 17.0 Å². The standard InChI is InChI=1S/C21H21N3O3S/c1-3-26-17-8-6-16(7-9-17)24-13-15(12-19(24)25)21-22-20(23-27-21)14-4-10-18(28-2)11-5-14/h4-11,15H,3,12-13H2,1-2H3. The molecule has 1 amide bonds. The summed E-state index contributed by atoms with van der Waals surface area (Å²) in [4.78, 5) is 20.0. The lowest BCUT2D eigenvalue weighted by atomic mass is 10.1. The van der Waals surface area contributed by atoms with Gasteiger partial charge in [-0.25, -0.2) is 0 Å². The Morgan fingerprint density at radius 3 is 2.61 bits per heavy atom. The van der Waals surface area contributed by atoms with Crippen molar-refractivity contribution in [2.24, 2.45) is 0 Å². The Labute approximate surface area is 167 Å². The molecule has 144 valence electrons. The minimum absolute atomic E-state index is 0.0539. The normalized spacial score (nSPS) is 16.6. The lowest BCUT2D eigenvalue weighted by Gasteiger charge is -2.16. The van der Waals surface area contributed by atoms with Gasteiger partial charge in [-0.1, -0.05) is 5.16 Å². The molecule has 7 heteroatoms. The van der Waals surface area contributed by atoms with E-state index >= 15 is 0 Å². The van der Waals surface area contributed by atoms with Crippen molar-refractivity contribution in [1.29, 1.82) is 0 Å². The molecular weight excluding hydrogens is 374 g/mol. The van der Waals surface area contributed by atoms with Gasteiger partial charge in [0.25, 0.3) is 0 Å². The molecular formula is C21H21N3O3S. The quantitative estimate of drug-likeness (QED) is 0.577. The second-order valence-corrected chi connectivity index (χ2v) is 7.40. The monoisotopic (exact) mass is 395 g/mol. The van der Waals surface area contributed by atoms with E-state index in [4.69, 9.17) is 9.26 Å². The van der Waals surface area contributed by atoms with Gasteiger partial charge in [0, 0.05) is 29.1 Å². The summed E-state index contributed by atoms with van der Waals surface area (Å²) in [6.45, 7) is 3.09. The van der Waals surface area contributed by atoms with Gasteiger partial charge in [-0.3, -0.25) is 4.79 Å². The zero-order chi connectivity index (χ0) is 19.5. The fraction of sp³-hybridized carbons (Fsp3) is 0.286. The molecule has 0 aliphatic carbocycles. The molecule has 1 saturated heterocycles. The molecule has 2 heterocycles. The van der Waals surface area contributed by atoms with Gasteiger partial charge in [0.05, 0.1) is 12.5 Å². The highest BCUT2D eigenvalue weighted by Crippen LogP contribution is 2.32. The molecule has 0 saturated carbocycles. The van der Waals surface area contributed by atoms with E-state index in [1.807, 2.05) is 61.7 Å². The predicted octanol–water partition coefficient (Wildman–Crippen LogP) is 4.38. The number of hydrogen-bond donors (Lipinski definition) is 0. The maximum atomic E-state index is 12.5. The third-order valence-corrected chi connectivity index (χ3v) is 5.47. The van der Waals surface area contributed by atoms with Crippen molar-refractivity contribution in [1.82, 2.24) is 10.1 Å². The van der Waals surface area contributed by atoms with Gasteiger partial charge in [0.15, 0.2) is 0 Å². The van der Waals surface area contributed by atoms with E-state index < -0.39 is 0 Å². The summed E-state index contributed by atoms with van der Waals surface area (Å²) in [5.41, 5.74) is 1.75. The first-order chi connectivity index (χ1) is 13.7. The first-order valence-corrected chi connectivity index (χ1v) is 10.4. The lowest BCUT2D eigenvalue weighted by molar-refractivity contribution is -0.117. The number of anilines is 1. The van der Waals surface area contributed by atoms with Crippen molar-refractivity contribution >= 4 is 23.4 Å². The topological polar surface area (TPSA) is 68.5 Å². The smallest absolute Gasteiger partial charge is 0.232 e. The molecule has 1 unspecified atom stereocenters. The van der Waals surface area contributed by atoms with Crippen molar-refractivity contribution in [3.8, 4) is 17.1 Å². The number of aromatic nitrogens is 2. The first-order valence-electron chi connectivity index (χ1n) is 9.19. The minimum atomic E-state index is -0.106. The number of carbonyl (C=O) groups excluding carboxylic acids is 1. The maximum absolute atomic E-state index is 12.5. The highest BCUT2D eigenvalue weighted by Gasteiger charge is 2.35. The number of hydrogen-bond acceptors (Lipinski definition) is 6. The van der Waals surface area contributed by atoms with E-state index in [2.05, 4.69) is 10.1 Å². The Kier molecular flexibility index (Phi) is 5.34. The number of thioether (sulfide) groups is 1. The molecule has 1 aromatic heterocycles. The van der Waals surface area contributed by atoms with Crippen LogP contribution in [-0.4, -0.2) is 35.5 Å². The van der Waals surface area contributed by atoms with Gasteiger partial charge in [0.1, 0.15) is 5.75 Å². The van der Waals surface area contributed by atoms with Crippen LogP contribution >= 0.6 is 11.8 Å². The number of benzene rings is 2. The van der Waals surface area contributed by atoms with E-state index in [9.17, 15) is 4.79 Å². The molecule has 2 aromatic carbocycles. The molecule has 3 aromatic rings. The molecule has 1 aliphatic heterocycles. The van der Waals surface area contributed by atoms with Crippen molar-refractivity contribution in [2.45, 2.75) is 24.2 Å². The van der Waals surface area contributed by atoms with Crippen molar-refractivity contribution < 1.29 is 14.1 Å². The van der Waals surface area contributed by atoms with Crippen LogP contribution in [-0.2, 0) is 4.79 Å². The minimum Gasteiger partial charge on any atom is -0.494 e.